The number of aliphatic hydroxyl groups is 1. The van der Waals surface area contributed by atoms with Gasteiger partial charge >= 0.3 is 0 Å². The zero-order valence-electron chi connectivity index (χ0n) is 17.3. The lowest BCUT2D eigenvalue weighted by Crippen LogP contribution is -2.39. The van der Waals surface area contributed by atoms with E-state index in [1.807, 2.05) is 51.4 Å². The van der Waals surface area contributed by atoms with Crippen molar-refractivity contribution in [2.45, 2.75) is 25.5 Å². The van der Waals surface area contributed by atoms with Gasteiger partial charge in [-0.15, -0.1) is 24.0 Å². The first-order valence-corrected chi connectivity index (χ1v) is 9.68. The van der Waals surface area contributed by atoms with Crippen molar-refractivity contribution in [1.82, 2.24) is 15.5 Å². The molecule has 29 heavy (non-hydrogen) atoms. The minimum Gasteiger partial charge on any atom is -0.388 e. The molecule has 5 nitrogen and oxygen atoms in total. The monoisotopic (exact) mass is 514 g/mol. The highest BCUT2D eigenvalue weighted by Crippen LogP contribution is 2.19. The highest BCUT2D eigenvalue weighted by Gasteiger charge is 2.14. The molecule has 160 valence electrons. The van der Waals surface area contributed by atoms with Crippen molar-refractivity contribution in [3.8, 4) is 0 Å². The van der Waals surface area contributed by atoms with Gasteiger partial charge in [-0.2, -0.15) is 0 Å². The maximum Gasteiger partial charge on any atom is 0.191 e. The summed E-state index contributed by atoms with van der Waals surface area (Å²) in [7, 11) is 3.97. The van der Waals surface area contributed by atoms with Gasteiger partial charge < -0.3 is 20.6 Å². The van der Waals surface area contributed by atoms with Gasteiger partial charge in [0.05, 0.1) is 18.7 Å². The molecule has 0 fully saturated rings. The molecule has 0 aliphatic carbocycles. The molecule has 2 atom stereocenters. The molecule has 0 saturated carbocycles. The topological polar surface area (TPSA) is 59.9 Å². The van der Waals surface area contributed by atoms with Crippen molar-refractivity contribution in [3.63, 3.8) is 0 Å². The third kappa shape index (κ3) is 8.67. The Hall–Kier alpha value is -1.71. The number of nitrogens with zero attached hydrogens (tertiary/aromatic N) is 2. The summed E-state index contributed by atoms with van der Waals surface area (Å²) in [6.45, 7) is 3.90. The molecular formula is C22H32FIN4O. The Kier molecular flexibility index (Phi) is 11.8. The summed E-state index contributed by atoms with van der Waals surface area (Å²) in [6, 6.07) is 16.2. The summed E-state index contributed by atoms with van der Waals surface area (Å²) >= 11 is 0. The van der Waals surface area contributed by atoms with E-state index in [4.69, 9.17) is 0 Å². The zero-order chi connectivity index (χ0) is 20.4. The maximum atomic E-state index is 13.2. The van der Waals surface area contributed by atoms with E-state index in [0.717, 1.165) is 17.7 Å². The Morgan fingerprint density at radius 3 is 2.28 bits per heavy atom. The Bertz CT molecular complexity index is 725. The Morgan fingerprint density at radius 1 is 1.03 bits per heavy atom. The van der Waals surface area contributed by atoms with Crippen LogP contribution in [0.3, 0.4) is 0 Å². The van der Waals surface area contributed by atoms with Crippen molar-refractivity contribution in [2.24, 2.45) is 4.99 Å². The summed E-state index contributed by atoms with van der Waals surface area (Å²) in [4.78, 5) is 6.75. The van der Waals surface area contributed by atoms with E-state index in [0.29, 0.717) is 25.5 Å². The molecule has 2 aromatic carbocycles. The molecule has 0 aromatic heterocycles. The van der Waals surface area contributed by atoms with Gasteiger partial charge in [-0.3, -0.25) is 4.99 Å². The summed E-state index contributed by atoms with van der Waals surface area (Å²) in [5.41, 5.74) is 1.93. The molecule has 2 unspecified atom stereocenters. The van der Waals surface area contributed by atoms with E-state index < -0.39 is 6.10 Å². The highest BCUT2D eigenvalue weighted by molar-refractivity contribution is 14.0. The van der Waals surface area contributed by atoms with Crippen molar-refractivity contribution in [2.75, 3.05) is 33.7 Å². The molecule has 3 N–H and O–H groups in total. The van der Waals surface area contributed by atoms with Crippen LogP contribution < -0.4 is 10.6 Å². The van der Waals surface area contributed by atoms with Gasteiger partial charge in [-0.1, -0.05) is 42.5 Å². The van der Waals surface area contributed by atoms with Crippen LogP contribution in [0, 0.1) is 5.82 Å². The van der Waals surface area contributed by atoms with Crippen molar-refractivity contribution in [1.29, 1.82) is 0 Å². The normalized spacial score (nSPS) is 13.5. The van der Waals surface area contributed by atoms with Crippen LogP contribution in [0.4, 0.5) is 4.39 Å². The second-order valence-electron chi connectivity index (χ2n) is 6.89. The average molecular weight is 514 g/mol. The van der Waals surface area contributed by atoms with Gasteiger partial charge in [0, 0.05) is 13.1 Å². The van der Waals surface area contributed by atoms with Crippen molar-refractivity contribution in [3.05, 3.63) is 71.5 Å². The largest absolute Gasteiger partial charge is 0.388 e. The van der Waals surface area contributed by atoms with Crippen LogP contribution in [0.5, 0.6) is 0 Å². The van der Waals surface area contributed by atoms with Gasteiger partial charge in [-0.25, -0.2) is 4.39 Å². The van der Waals surface area contributed by atoms with Crippen molar-refractivity contribution >= 4 is 29.9 Å². The smallest absolute Gasteiger partial charge is 0.191 e. The first-order chi connectivity index (χ1) is 13.5. The zero-order valence-corrected chi connectivity index (χ0v) is 19.6. The standard InChI is InChI=1S/C22H31FN4O.HI/c1-4-24-22(25-15-14-21(28)18-8-6-5-7-9-18)26-16-20(27(2)3)17-10-12-19(23)13-11-17;/h5-13,20-21,28H,4,14-16H2,1-3H3,(H2,24,25,26);1H. The van der Waals surface area contributed by atoms with E-state index >= 15 is 0 Å². The second kappa shape index (κ2) is 13.5. The number of guanidine groups is 1. The molecule has 0 spiro atoms. The fraction of sp³-hybridized carbons (Fsp3) is 0.409. The number of benzene rings is 2. The molecule has 0 radical (unpaired) electrons. The van der Waals surface area contributed by atoms with E-state index in [9.17, 15) is 9.50 Å². The molecule has 2 rings (SSSR count). The number of halogens is 2. The van der Waals surface area contributed by atoms with Crippen LogP contribution in [-0.4, -0.2) is 49.7 Å². The van der Waals surface area contributed by atoms with Gasteiger partial charge in [-0.05, 0) is 50.7 Å². The number of hydrogen-bond donors (Lipinski definition) is 3. The number of aliphatic imine (C=N–C) groups is 1. The lowest BCUT2D eigenvalue weighted by Gasteiger charge is -2.24. The quantitative estimate of drug-likeness (QED) is 0.271. The van der Waals surface area contributed by atoms with E-state index in [2.05, 4.69) is 20.5 Å². The number of nitrogens with one attached hydrogen (secondary N) is 2. The van der Waals surface area contributed by atoms with E-state index in [1.165, 1.54) is 12.1 Å². The van der Waals surface area contributed by atoms with Crippen LogP contribution >= 0.6 is 24.0 Å². The summed E-state index contributed by atoms with van der Waals surface area (Å²) in [5, 5.41) is 16.8. The highest BCUT2D eigenvalue weighted by atomic mass is 127. The van der Waals surface area contributed by atoms with Gasteiger partial charge in [0.25, 0.3) is 0 Å². The van der Waals surface area contributed by atoms with Crippen LogP contribution in [0.1, 0.15) is 36.6 Å². The van der Waals surface area contributed by atoms with Crippen LogP contribution in [0.25, 0.3) is 0 Å². The van der Waals surface area contributed by atoms with E-state index in [1.54, 1.807) is 12.1 Å². The molecule has 0 heterocycles. The molecule has 7 heteroatoms. The predicted octanol–water partition coefficient (Wildman–Crippen LogP) is 3.73. The van der Waals surface area contributed by atoms with Crippen LogP contribution in [-0.2, 0) is 0 Å². The third-order valence-electron chi connectivity index (χ3n) is 4.54. The maximum absolute atomic E-state index is 13.2. The Morgan fingerprint density at radius 2 is 1.69 bits per heavy atom. The summed E-state index contributed by atoms with van der Waals surface area (Å²) < 4.78 is 13.2. The number of likely N-dealkylation sites (N-methyl/N-ethyl adjacent to an activating group) is 1. The third-order valence-corrected chi connectivity index (χ3v) is 4.54. The minimum absolute atomic E-state index is 0. The lowest BCUT2D eigenvalue weighted by molar-refractivity contribution is 0.168. The molecule has 0 amide bonds. The Balaban J connectivity index is 0.00000420. The Labute approximate surface area is 190 Å². The number of hydrogen-bond acceptors (Lipinski definition) is 3. The molecule has 0 bridgehead atoms. The molecular weight excluding hydrogens is 482 g/mol. The van der Waals surface area contributed by atoms with Crippen LogP contribution in [0.2, 0.25) is 0 Å². The number of rotatable bonds is 9. The summed E-state index contributed by atoms with van der Waals surface area (Å²) in [6.07, 6.45) is 0.0778. The second-order valence-corrected chi connectivity index (χ2v) is 6.89. The SMILES string of the molecule is CCNC(=NCC(c1ccc(F)cc1)N(C)C)NCCC(O)c1ccccc1.I. The molecule has 0 aliphatic heterocycles. The molecule has 0 saturated heterocycles. The molecule has 2 aromatic rings. The fourth-order valence-corrected chi connectivity index (χ4v) is 2.94. The van der Waals surface area contributed by atoms with Gasteiger partial charge in [0.2, 0.25) is 0 Å². The van der Waals surface area contributed by atoms with Gasteiger partial charge in [0.15, 0.2) is 5.96 Å². The minimum atomic E-state index is -0.509. The predicted molar refractivity (Wildman–Crippen MR) is 128 cm³/mol. The first kappa shape index (κ1) is 25.3. The van der Waals surface area contributed by atoms with Crippen molar-refractivity contribution < 1.29 is 9.50 Å². The molecule has 0 aliphatic rings. The fourth-order valence-electron chi connectivity index (χ4n) is 2.94. The average Bonchev–Trinajstić information content (AvgIpc) is 2.69. The lowest BCUT2D eigenvalue weighted by atomic mass is 10.1. The first-order valence-electron chi connectivity index (χ1n) is 9.68. The van der Waals surface area contributed by atoms with Crippen LogP contribution in [0.15, 0.2) is 59.6 Å². The van der Waals surface area contributed by atoms with Gasteiger partial charge in [0.1, 0.15) is 5.82 Å². The summed E-state index contributed by atoms with van der Waals surface area (Å²) in [5.74, 6) is 0.466. The van der Waals surface area contributed by atoms with E-state index in [-0.39, 0.29) is 35.8 Å². The number of aliphatic hydroxyl groups excluding tert-OH is 1.